The Balaban J connectivity index is 2.05. The smallest absolute Gasteiger partial charge is 0.275 e. The van der Waals surface area contributed by atoms with Crippen LogP contribution in [0.3, 0.4) is 0 Å². The Morgan fingerprint density at radius 1 is 1.13 bits per heavy atom. The number of nitrogens with one attached hydrogen (secondary N) is 1. The van der Waals surface area contributed by atoms with Gasteiger partial charge in [0.25, 0.3) is 17.3 Å². The molecule has 2 aromatic carbocycles. The summed E-state index contributed by atoms with van der Waals surface area (Å²) in [5.41, 5.74) is -1.23. The molecule has 4 amide bonds. The molecule has 13 heteroatoms. The number of hydrogen-bond acceptors (Lipinski definition) is 7. The van der Waals surface area contributed by atoms with Crippen LogP contribution in [0.5, 0.6) is 0 Å². The number of non-ortho nitro benzene ring substituents is 1. The van der Waals surface area contributed by atoms with E-state index in [2.05, 4.69) is 5.32 Å². The van der Waals surface area contributed by atoms with Crippen molar-refractivity contribution in [1.29, 1.82) is 0 Å². The average Bonchev–Trinajstić information content (AvgIpc) is 2.70. The molecule has 0 spiro atoms. The molecule has 1 N–H and O–H groups in total. The number of halogens is 1. The van der Waals surface area contributed by atoms with Gasteiger partial charge < -0.3 is 0 Å². The first-order valence-corrected chi connectivity index (χ1v) is 9.07. The van der Waals surface area contributed by atoms with Crippen molar-refractivity contribution < 1.29 is 24.2 Å². The predicted octanol–water partition coefficient (Wildman–Crippen LogP) is 2.57. The lowest BCUT2D eigenvalue weighted by Gasteiger charge is -2.37. The number of nitro groups is 2. The van der Waals surface area contributed by atoms with Gasteiger partial charge >= 0.3 is 6.03 Å². The van der Waals surface area contributed by atoms with Crippen molar-refractivity contribution in [2.24, 2.45) is 0 Å². The SMILES string of the molecule is Cc1c(C(=O)N2CC(=O)NC(=O)N2Cc2ccc(Cl)cc2)cc([N+](=O)[O-])cc1[N+](=O)[O-]. The summed E-state index contributed by atoms with van der Waals surface area (Å²) in [4.78, 5) is 58.3. The third-order valence-corrected chi connectivity index (χ3v) is 4.80. The van der Waals surface area contributed by atoms with Crippen LogP contribution >= 0.6 is 11.6 Å². The topological polar surface area (TPSA) is 156 Å². The molecule has 0 aromatic heterocycles. The van der Waals surface area contributed by atoms with E-state index < -0.39 is 45.6 Å². The largest absolute Gasteiger partial charge is 0.343 e. The van der Waals surface area contributed by atoms with Gasteiger partial charge in [-0.05, 0) is 24.6 Å². The van der Waals surface area contributed by atoms with Crippen molar-refractivity contribution in [3.8, 4) is 0 Å². The van der Waals surface area contributed by atoms with Crippen molar-refractivity contribution in [3.63, 3.8) is 0 Å². The lowest BCUT2D eigenvalue weighted by Crippen LogP contribution is -2.62. The van der Waals surface area contributed by atoms with E-state index in [0.717, 1.165) is 22.2 Å². The van der Waals surface area contributed by atoms with E-state index in [1.165, 1.54) is 6.92 Å². The first-order valence-electron chi connectivity index (χ1n) is 8.69. The molecule has 0 bridgehead atoms. The van der Waals surface area contributed by atoms with E-state index in [1.807, 2.05) is 0 Å². The highest BCUT2D eigenvalue weighted by molar-refractivity contribution is 6.30. The summed E-state index contributed by atoms with van der Waals surface area (Å²) in [6.45, 7) is 0.566. The number of hydrazine groups is 1. The van der Waals surface area contributed by atoms with Crippen molar-refractivity contribution in [2.75, 3.05) is 6.54 Å². The third-order valence-electron chi connectivity index (χ3n) is 4.55. The van der Waals surface area contributed by atoms with E-state index in [0.29, 0.717) is 10.6 Å². The van der Waals surface area contributed by atoms with Gasteiger partial charge in [-0.2, -0.15) is 0 Å². The molecule has 0 atom stereocenters. The predicted molar refractivity (Wildman–Crippen MR) is 106 cm³/mol. The summed E-state index contributed by atoms with van der Waals surface area (Å²) < 4.78 is 0. The van der Waals surface area contributed by atoms with Crippen LogP contribution in [0, 0.1) is 27.2 Å². The molecule has 1 aliphatic heterocycles. The molecule has 1 heterocycles. The van der Waals surface area contributed by atoms with Crippen LogP contribution in [0.15, 0.2) is 36.4 Å². The van der Waals surface area contributed by atoms with Gasteiger partial charge in [-0.15, -0.1) is 0 Å². The number of carbonyl (C=O) groups is 3. The van der Waals surface area contributed by atoms with Gasteiger partial charge in [0.2, 0.25) is 5.91 Å². The number of rotatable bonds is 5. The molecular formula is C18H14ClN5O7. The Kier molecular flexibility index (Phi) is 5.83. The van der Waals surface area contributed by atoms with E-state index in [9.17, 15) is 34.6 Å². The van der Waals surface area contributed by atoms with Crippen LogP contribution in [0.4, 0.5) is 16.2 Å². The summed E-state index contributed by atoms with van der Waals surface area (Å²) in [6, 6.07) is 7.09. The third kappa shape index (κ3) is 4.43. The minimum absolute atomic E-state index is 0.127. The zero-order chi connectivity index (χ0) is 22.9. The van der Waals surface area contributed by atoms with E-state index in [4.69, 9.17) is 11.6 Å². The van der Waals surface area contributed by atoms with Crippen molar-refractivity contribution in [2.45, 2.75) is 13.5 Å². The van der Waals surface area contributed by atoms with Crippen LogP contribution in [-0.4, -0.2) is 44.3 Å². The zero-order valence-electron chi connectivity index (χ0n) is 15.9. The fraction of sp³-hybridized carbons (Fsp3) is 0.167. The van der Waals surface area contributed by atoms with Gasteiger partial charge in [0.15, 0.2) is 0 Å². The number of nitrogens with zero attached hydrogens (tertiary/aromatic N) is 4. The van der Waals surface area contributed by atoms with Crippen LogP contribution in [0.2, 0.25) is 5.02 Å². The van der Waals surface area contributed by atoms with Crippen LogP contribution in [0.25, 0.3) is 0 Å². The number of nitro benzene ring substituents is 2. The Labute approximate surface area is 179 Å². The highest BCUT2D eigenvalue weighted by Gasteiger charge is 2.37. The van der Waals surface area contributed by atoms with Gasteiger partial charge in [0.1, 0.15) is 6.54 Å². The Morgan fingerprint density at radius 3 is 2.35 bits per heavy atom. The number of carbonyl (C=O) groups excluding carboxylic acids is 3. The van der Waals surface area contributed by atoms with Crippen LogP contribution in [-0.2, 0) is 11.3 Å². The van der Waals surface area contributed by atoms with Crippen molar-refractivity contribution in [3.05, 3.63) is 78.3 Å². The molecule has 0 unspecified atom stereocenters. The van der Waals surface area contributed by atoms with Crippen LogP contribution < -0.4 is 5.32 Å². The lowest BCUT2D eigenvalue weighted by molar-refractivity contribution is -0.394. The average molecular weight is 448 g/mol. The van der Waals surface area contributed by atoms with E-state index >= 15 is 0 Å². The molecule has 12 nitrogen and oxygen atoms in total. The van der Waals surface area contributed by atoms with Crippen molar-refractivity contribution in [1.82, 2.24) is 15.3 Å². The maximum Gasteiger partial charge on any atom is 0.343 e. The molecule has 31 heavy (non-hydrogen) atoms. The van der Waals surface area contributed by atoms with Gasteiger partial charge in [-0.25, -0.2) is 14.8 Å². The summed E-state index contributed by atoms with van der Waals surface area (Å²) in [5, 5.41) is 26.8. The van der Waals surface area contributed by atoms with Crippen molar-refractivity contribution >= 4 is 40.8 Å². The highest BCUT2D eigenvalue weighted by Crippen LogP contribution is 2.29. The standard InChI is InChI=1S/C18H14ClN5O7/c1-10-14(6-13(23(28)29)7-15(10)24(30)31)17(26)21-9-16(25)20-18(27)22(21)8-11-2-4-12(19)5-3-11/h2-7H,8-9H2,1H3,(H,20,25,27). The normalized spacial score (nSPS) is 13.7. The second-order valence-corrected chi connectivity index (χ2v) is 6.99. The lowest BCUT2D eigenvalue weighted by atomic mass is 10.0. The molecular weight excluding hydrogens is 434 g/mol. The molecule has 1 aliphatic rings. The molecule has 160 valence electrons. The maximum atomic E-state index is 13.2. The van der Waals surface area contributed by atoms with Gasteiger partial charge in [-0.1, -0.05) is 23.7 Å². The molecule has 3 rings (SSSR count). The molecule has 0 radical (unpaired) electrons. The van der Waals surface area contributed by atoms with E-state index in [-0.39, 0.29) is 17.7 Å². The number of hydrogen-bond donors (Lipinski definition) is 1. The molecule has 2 aromatic rings. The zero-order valence-corrected chi connectivity index (χ0v) is 16.7. The van der Waals surface area contributed by atoms with Gasteiger partial charge in [-0.3, -0.25) is 35.1 Å². The van der Waals surface area contributed by atoms with Crippen LogP contribution in [0.1, 0.15) is 21.5 Å². The first-order chi connectivity index (χ1) is 14.6. The fourth-order valence-electron chi connectivity index (χ4n) is 3.00. The second kappa shape index (κ2) is 8.36. The monoisotopic (exact) mass is 447 g/mol. The molecule has 1 saturated heterocycles. The molecule has 0 saturated carbocycles. The number of amides is 4. The quantitative estimate of drug-likeness (QED) is 0.545. The summed E-state index contributed by atoms with van der Waals surface area (Å²) >= 11 is 5.85. The fourth-order valence-corrected chi connectivity index (χ4v) is 3.12. The molecule has 0 aliphatic carbocycles. The highest BCUT2D eigenvalue weighted by atomic mass is 35.5. The number of benzene rings is 2. The summed E-state index contributed by atoms with van der Waals surface area (Å²) in [6.07, 6.45) is 0. The minimum Gasteiger partial charge on any atom is -0.275 e. The Hall–Kier alpha value is -4.06. The maximum absolute atomic E-state index is 13.2. The Bertz CT molecular complexity index is 1120. The first kappa shape index (κ1) is 21.6. The summed E-state index contributed by atoms with van der Waals surface area (Å²) in [5.74, 6) is -1.75. The molecule has 1 fully saturated rings. The van der Waals surface area contributed by atoms with E-state index in [1.54, 1.807) is 24.3 Å². The number of urea groups is 1. The second-order valence-electron chi connectivity index (χ2n) is 6.55. The number of imide groups is 1. The minimum atomic E-state index is -0.971. The Morgan fingerprint density at radius 2 is 1.77 bits per heavy atom. The van der Waals surface area contributed by atoms with Gasteiger partial charge in [0, 0.05) is 16.7 Å². The van der Waals surface area contributed by atoms with Gasteiger partial charge in [0.05, 0.1) is 28.0 Å². The summed E-state index contributed by atoms with van der Waals surface area (Å²) in [7, 11) is 0.